The fraction of sp³-hybridized carbons (Fsp3) is 0.929. The van der Waals surface area contributed by atoms with Crippen LogP contribution in [0.5, 0.6) is 0 Å². The highest BCUT2D eigenvalue weighted by atomic mass is 16.7. The van der Waals surface area contributed by atoms with Gasteiger partial charge in [-0.05, 0) is 0 Å². The van der Waals surface area contributed by atoms with Gasteiger partial charge in [-0.1, -0.05) is 0 Å². The van der Waals surface area contributed by atoms with Crippen molar-refractivity contribution in [3.8, 4) is 0 Å². The van der Waals surface area contributed by atoms with Crippen molar-refractivity contribution >= 4 is 5.91 Å². The van der Waals surface area contributed by atoms with E-state index >= 15 is 0 Å². The van der Waals surface area contributed by atoms with Gasteiger partial charge < -0.3 is 55.3 Å². The zero-order chi connectivity index (χ0) is 19.6. The molecule has 0 radical (unpaired) electrons. The summed E-state index contributed by atoms with van der Waals surface area (Å²) < 4.78 is 15.7. The molecular weight excluding hydrogens is 358 g/mol. The van der Waals surface area contributed by atoms with Crippen LogP contribution in [0.25, 0.3) is 0 Å². The second kappa shape index (κ2) is 8.84. The Balaban J connectivity index is 2.05. The van der Waals surface area contributed by atoms with Gasteiger partial charge in [-0.3, -0.25) is 4.79 Å². The lowest BCUT2D eigenvalue weighted by Gasteiger charge is -2.43. The second-order valence-electron chi connectivity index (χ2n) is 6.30. The summed E-state index contributed by atoms with van der Waals surface area (Å²) in [4.78, 5) is 11.3. The Bertz CT molecular complexity index is 480. The van der Waals surface area contributed by atoms with Crippen LogP contribution in [0.1, 0.15) is 6.92 Å². The molecule has 2 saturated heterocycles. The van der Waals surface area contributed by atoms with Crippen LogP contribution in [0.3, 0.4) is 0 Å². The van der Waals surface area contributed by atoms with E-state index < -0.39 is 80.5 Å². The van der Waals surface area contributed by atoms with E-state index in [1.807, 2.05) is 0 Å². The Morgan fingerprint density at radius 2 is 1.54 bits per heavy atom. The molecule has 10 atom stereocenters. The zero-order valence-electron chi connectivity index (χ0n) is 14.0. The summed E-state index contributed by atoms with van der Waals surface area (Å²) in [5.74, 6) is -0.538. The molecule has 12 nitrogen and oxygen atoms in total. The lowest BCUT2D eigenvalue weighted by Crippen LogP contribution is -2.65. The summed E-state index contributed by atoms with van der Waals surface area (Å²) in [6, 6.07) is -1.19. The fourth-order valence-electron chi connectivity index (χ4n) is 2.87. The second-order valence-corrected chi connectivity index (χ2v) is 6.30. The van der Waals surface area contributed by atoms with Gasteiger partial charge in [-0.2, -0.15) is 0 Å². The minimum absolute atomic E-state index is 0.455. The molecule has 0 aromatic carbocycles. The fourth-order valence-corrected chi connectivity index (χ4v) is 2.87. The van der Waals surface area contributed by atoms with Gasteiger partial charge in [0.15, 0.2) is 12.6 Å². The Morgan fingerprint density at radius 1 is 0.923 bits per heavy atom. The van der Waals surface area contributed by atoms with Crippen LogP contribution >= 0.6 is 0 Å². The topological polar surface area (TPSA) is 198 Å². The third-order valence-corrected chi connectivity index (χ3v) is 4.36. The molecule has 2 heterocycles. The van der Waals surface area contributed by atoms with E-state index in [0.717, 1.165) is 0 Å². The molecule has 2 rings (SSSR count). The van der Waals surface area contributed by atoms with Gasteiger partial charge in [-0.25, -0.2) is 0 Å². The molecule has 0 bridgehead atoms. The first-order chi connectivity index (χ1) is 12.2. The number of hydrogen-bond acceptors (Lipinski definition) is 11. The number of carbonyl (C=O) groups is 1. The number of aliphatic hydroxyl groups is 7. The monoisotopic (exact) mass is 383 g/mol. The number of rotatable bonds is 5. The highest BCUT2D eigenvalue weighted by molar-refractivity contribution is 5.73. The molecule has 0 unspecified atom stereocenters. The summed E-state index contributed by atoms with van der Waals surface area (Å²) >= 11 is 0. The Morgan fingerprint density at radius 3 is 2.12 bits per heavy atom. The van der Waals surface area contributed by atoms with Crippen molar-refractivity contribution in [2.45, 2.75) is 68.3 Å². The van der Waals surface area contributed by atoms with Crippen molar-refractivity contribution in [3.05, 3.63) is 0 Å². The van der Waals surface area contributed by atoms with Gasteiger partial charge in [-0.15, -0.1) is 0 Å². The number of hydrogen-bond donors (Lipinski definition) is 8. The van der Waals surface area contributed by atoms with Crippen LogP contribution in [0.4, 0.5) is 0 Å². The number of aliphatic hydroxyl groups excluding tert-OH is 7. The standard InChI is InChI=1S/C14H25NO11/c1-4(17)15-7-10(20)8(18)5(2-16)26-14(7)24-3-6-9(19)11(21)12(22)13(23)25-6/h5-14,16,18-23H,2-3H2,1H3,(H,15,17)/t5-,6-,7-,8-,9-,10-,11+,12-,13+,14-/m1/s1. The van der Waals surface area contributed by atoms with Crippen molar-refractivity contribution in [3.63, 3.8) is 0 Å². The summed E-state index contributed by atoms with van der Waals surface area (Å²) in [6.45, 7) is 0.0944. The van der Waals surface area contributed by atoms with Gasteiger partial charge in [0.05, 0.1) is 13.2 Å². The average Bonchev–Trinajstić information content (AvgIpc) is 2.60. The van der Waals surface area contributed by atoms with Crippen LogP contribution < -0.4 is 5.32 Å². The van der Waals surface area contributed by atoms with Crippen LogP contribution in [-0.4, -0.2) is 116 Å². The predicted octanol–water partition coefficient (Wildman–Crippen LogP) is -5.25. The smallest absolute Gasteiger partial charge is 0.217 e. The maximum absolute atomic E-state index is 11.3. The van der Waals surface area contributed by atoms with Crippen molar-refractivity contribution in [1.29, 1.82) is 0 Å². The van der Waals surface area contributed by atoms with Gasteiger partial charge in [0.25, 0.3) is 0 Å². The number of amides is 1. The average molecular weight is 383 g/mol. The minimum Gasteiger partial charge on any atom is -0.394 e. The number of nitrogens with one attached hydrogen (secondary N) is 1. The van der Waals surface area contributed by atoms with Crippen molar-refractivity contribution in [2.24, 2.45) is 0 Å². The highest BCUT2D eigenvalue weighted by Gasteiger charge is 2.47. The first-order valence-electron chi connectivity index (χ1n) is 8.06. The normalized spacial score (nSPS) is 46.8. The van der Waals surface area contributed by atoms with Crippen molar-refractivity contribution in [1.82, 2.24) is 5.32 Å². The largest absolute Gasteiger partial charge is 0.394 e. The minimum atomic E-state index is -1.75. The van der Waals surface area contributed by atoms with Gasteiger partial charge in [0.1, 0.15) is 48.8 Å². The highest BCUT2D eigenvalue weighted by Crippen LogP contribution is 2.25. The lowest BCUT2D eigenvalue weighted by molar-refractivity contribution is -0.311. The SMILES string of the molecule is CC(=O)N[C@H]1[C@H](OC[C@H]2O[C@H](O)[C@H](O)[C@@H](O)[C@@H]2O)O[C@H](CO)[C@@H](O)[C@@H]1O. The van der Waals surface area contributed by atoms with Crippen LogP contribution in [0.2, 0.25) is 0 Å². The predicted molar refractivity (Wildman–Crippen MR) is 80.2 cm³/mol. The van der Waals surface area contributed by atoms with Crippen LogP contribution in [-0.2, 0) is 19.0 Å². The molecule has 1 amide bonds. The first kappa shape index (κ1) is 21.4. The third kappa shape index (κ3) is 4.48. The molecule has 0 aromatic rings. The summed E-state index contributed by atoms with van der Waals surface area (Å²) in [5, 5.41) is 70.1. The van der Waals surface area contributed by atoms with Gasteiger partial charge in [0, 0.05) is 6.92 Å². The maximum atomic E-state index is 11.3. The number of ether oxygens (including phenoxy) is 3. The molecule has 0 aromatic heterocycles. The lowest BCUT2D eigenvalue weighted by atomic mass is 9.96. The van der Waals surface area contributed by atoms with E-state index in [1.54, 1.807) is 0 Å². The quantitative estimate of drug-likeness (QED) is 0.226. The Kier molecular flexibility index (Phi) is 7.27. The molecular formula is C14H25NO11. The van der Waals surface area contributed by atoms with Gasteiger partial charge >= 0.3 is 0 Å². The van der Waals surface area contributed by atoms with E-state index in [2.05, 4.69) is 5.32 Å². The molecule has 0 spiro atoms. The summed E-state index contributed by atoms with van der Waals surface area (Å²) in [6.07, 6.45) is -13.5. The molecule has 152 valence electrons. The molecule has 2 aliphatic heterocycles. The molecule has 12 heteroatoms. The molecule has 2 aliphatic rings. The zero-order valence-corrected chi connectivity index (χ0v) is 14.0. The molecule has 26 heavy (non-hydrogen) atoms. The Labute approximate surface area is 148 Å². The van der Waals surface area contributed by atoms with E-state index in [1.165, 1.54) is 6.92 Å². The maximum Gasteiger partial charge on any atom is 0.217 e. The molecule has 0 aliphatic carbocycles. The van der Waals surface area contributed by atoms with E-state index in [4.69, 9.17) is 14.2 Å². The van der Waals surface area contributed by atoms with Gasteiger partial charge in [0.2, 0.25) is 5.91 Å². The van der Waals surface area contributed by atoms with Crippen LogP contribution in [0.15, 0.2) is 0 Å². The molecule has 8 N–H and O–H groups in total. The summed E-state index contributed by atoms with van der Waals surface area (Å²) in [7, 11) is 0. The Hall–Kier alpha value is -0.930. The van der Waals surface area contributed by atoms with Crippen molar-refractivity contribution < 1.29 is 54.8 Å². The number of carbonyl (C=O) groups excluding carboxylic acids is 1. The van der Waals surface area contributed by atoms with E-state index in [9.17, 15) is 40.5 Å². The van der Waals surface area contributed by atoms with E-state index in [0.29, 0.717) is 0 Å². The summed E-state index contributed by atoms with van der Waals surface area (Å²) in [5.41, 5.74) is 0. The van der Waals surface area contributed by atoms with Crippen molar-refractivity contribution in [2.75, 3.05) is 13.2 Å². The molecule has 0 saturated carbocycles. The van der Waals surface area contributed by atoms with Crippen LogP contribution in [0, 0.1) is 0 Å². The third-order valence-electron chi connectivity index (χ3n) is 4.36. The molecule has 2 fully saturated rings. The first-order valence-corrected chi connectivity index (χ1v) is 8.06. The van der Waals surface area contributed by atoms with E-state index in [-0.39, 0.29) is 0 Å².